The Labute approximate surface area is 199 Å². The van der Waals surface area contributed by atoms with Crippen molar-refractivity contribution in [3.05, 3.63) is 41.5 Å². The molecule has 10 nitrogen and oxygen atoms in total. The fraction of sp³-hybridized carbons (Fsp3) is 0.542. The molecule has 0 radical (unpaired) electrons. The van der Waals surface area contributed by atoms with Gasteiger partial charge in [0.15, 0.2) is 0 Å². The molecule has 0 bridgehead atoms. The molecule has 0 aliphatic heterocycles. The molecule has 0 fully saturated rings. The van der Waals surface area contributed by atoms with Crippen molar-refractivity contribution >= 4 is 17.7 Å². The van der Waals surface area contributed by atoms with Gasteiger partial charge in [-0.25, -0.2) is 0 Å². The minimum Gasteiger partial charge on any atom is -0.497 e. The molecule has 1 aromatic rings. The number of amides is 3. The van der Waals surface area contributed by atoms with E-state index in [1.165, 1.54) is 6.08 Å². The van der Waals surface area contributed by atoms with E-state index >= 15 is 0 Å². The van der Waals surface area contributed by atoms with Crippen molar-refractivity contribution in [1.29, 1.82) is 0 Å². The second kappa shape index (κ2) is 12.5. The number of primary amides is 1. The number of aliphatic hydroxyl groups is 2. The molecule has 0 spiro atoms. The normalized spacial score (nSPS) is 21.9. The van der Waals surface area contributed by atoms with Gasteiger partial charge in [-0.2, -0.15) is 0 Å². The van der Waals surface area contributed by atoms with Crippen molar-refractivity contribution in [2.45, 2.75) is 63.4 Å². The maximum absolute atomic E-state index is 12.9. The monoisotopic (exact) mass is 476 g/mol. The Morgan fingerprint density at radius 3 is 2.32 bits per heavy atom. The third-order valence-electron chi connectivity index (χ3n) is 5.79. The molecule has 10 heteroatoms. The van der Waals surface area contributed by atoms with E-state index in [-0.39, 0.29) is 30.2 Å². The van der Waals surface area contributed by atoms with Crippen LogP contribution in [0.5, 0.6) is 5.75 Å². The van der Waals surface area contributed by atoms with Crippen molar-refractivity contribution in [3.8, 4) is 5.75 Å². The van der Waals surface area contributed by atoms with Crippen LogP contribution in [0.4, 0.5) is 0 Å². The van der Waals surface area contributed by atoms with Gasteiger partial charge in [0.1, 0.15) is 17.9 Å². The third kappa shape index (κ3) is 7.54. The average Bonchev–Trinajstić information content (AvgIpc) is 2.79. The molecule has 34 heavy (non-hydrogen) atoms. The summed E-state index contributed by atoms with van der Waals surface area (Å²) in [5, 5.41) is 28.9. The molecule has 0 aromatic heterocycles. The van der Waals surface area contributed by atoms with Gasteiger partial charge in [-0.15, -0.1) is 0 Å². The Bertz CT molecular complexity index is 886. The summed E-state index contributed by atoms with van der Waals surface area (Å²) >= 11 is 0. The third-order valence-corrected chi connectivity index (χ3v) is 5.79. The van der Waals surface area contributed by atoms with Crippen molar-refractivity contribution in [1.82, 2.24) is 16.0 Å². The van der Waals surface area contributed by atoms with E-state index in [0.29, 0.717) is 12.2 Å². The molecular weight excluding hydrogens is 440 g/mol. The number of likely N-dealkylation sites (N-methyl/N-ethyl adjacent to an activating group) is 1. The van der Waals surface area contributed by atoms with Crippen molar-refractivity contribution in [3.63, 3.8) is 0 Å². The SMILES string of the molecule is CNC(CC(C)C)C(=O)NC1C=C(C(=O)NC(Cc2ccc(OC)cc2)C(N)=O)CC(O)C1O. The number of aliphatic hydroxyl groups excluding tert-OH is 2. The Balaban J connectivity index is 2.13. The zero-order valence-corrected chi connectivity index (χ0v) is 20.1. The molecule has 2 rings (SSSR count). The molecular formula is C24H36N4O6. The Morgan fingerprint density at radius 1 is 1.15 bits per heavy atom. The summed E-state index contributed by atoms with van der Waals surface area (Å²) in [6.07, 6.45) is -0.502. The van der Waals surface area contributed by atoms with Crippen LogP contribution >= 0.6 is 0 Å². The summed E-state index contributed by atoms with van der Waals surface area (Å²) in [7, 11) is 3.21. The standard InChI is InChI=1S/C24H36N4O6/c1-13(2)9-19(26-3)24(33)27-17-11-15(12-20(29)21(17)30)23(32)28-18(22(25)31)10-14-5-7-16(34-4)8-6-14/h5-8,11,13,17-21,26,29-30H,9-10,12H2,1-4H3,(H2,25,31)(H,27,33)(H,28,32). The Morgan fingerprint density at radius 2 is 1.79 bits per heavy atom. The van der Waals surface area contributed by atoms with Gasteiger partial charge < -0.3 is 36.6 Å². The average molecular weight is 477 g/mol. The van der Waals surface area contributed by atoms with E-state index in [9.17, 15) is 24.6 Å². The minimum absolute atomic E-state index is 0.130. The van der Waals surface area contributed by atoms with Crippen LogP contribution in [0.1, 0.15) is 32.3 Å². The van der Waals surface area contributed by atoms with E-state index < -0.39 is 42.1 Å². The van der Waals surface area contributed by atoms with E-state index in [1.54, 1.807) is 38.4 Å². The topological polar surface area (TPSA) is 163 Å². The summed E-state index contributed by atoms with van der Waals surface area (Å²) in [5.41, 5.74) is 6.42. The number of hydrogen-bond donors (Lipinski definition) is 6. The smallest absolute Gasteiger partial charge is 0.247 e. The second-order valence-electron chi connectivity index (χ2n) is 8.94. The van der Waals surface area contributed by atoms with Gasteiger partial charge in [0, 0.05) is 18.4 Å². The van der Waals surface area contributed by atoms with Gasteiger partial charge in [0.05, 0.1) is 25.3 Å². The van der Waals surface area contributed by atoms with E-state index in [2.05, 4.69) is 16.0 Å². The first kappa shape index (κ1) is 27.3. The van der Waals surface area contributed by atoms with E-state index in [0.717, 1.165) is 5.56 Å². The zero-order chi connectivity index (χ0) is 25.4. The van der Waals surface area contributed by atoms with Crippen molar-refractivity contribution in [2.75, 3.05) is 14.2 Å². The van der Waals surface area contributed by atoms with Crippen LogP contribution in [0.15, 0.2) is 35.9 Å². The van der Waals surface area contributed by atoms with Crippen LogP contribution in [0.3, 0.4) is 0 Å². The summed E-state index contributed by atoms with van der Waals surface area (Å²) in [4.78, 5) is 37.5. The number of carbonyl (C=O) groups is 3. The molecule has 3 amide bonds. The van der Waals surface area contributed by atoms with E-state index in [4.69, 9.17) is 10.5 Å². The molecule has 0 heterocycles. The molecule has 0 saturated heterocycles. The highest BCUT2D eigenvalue weighted by Gasteiger charge is 2.35. The number of nitrogens with one attached hydrogen (secondary N) is 3. The molecule has 1 aromatic carbocycles. The maximum atomic E-state index is 12.9. The number of rotatable bonds is 11. The highest BCUT2D eigenvalue weighted by atomic mass is 16.5. The fourth-order valence-corrected chi connectivity index (χ4v) is 3.83. The molecule has 1 aliphatic carbocycles. The predicted molar refractivity (Wildman–Crippen MR) is 127 cm³/mol. The van der Waals surface area contributed by atoms with Crippen molar-refractivity contribution in [2.24, 2.45) is 11.7 Å². The molecule has 1 aliphatic rings. The molecule has 7 N–H and O–H groups in total. The van der Waals surface area contributed by atoms with Crippen molar-refractivity contribution < 1.29 is 29.3 Å². The lowest BCUT2D eigenvalue weighted by Crippen LogP contribution is -2.55. The minimum atomic E-state index is -1.27. The summed E-state index contributed by atoms with van der Waals surface area (Å²) in [6, 6.07) is 4.57. The number of ether oxygens (including phenoxy) is 1. The van der Waals surface area contributed by atoms with Gasteiger partial charge in [0.25, 0.3) is 0 Å². The first-order chi connectivity index (χ1) is 16.0. The lowest BCUT2D eigenvalue weighted by atomic mass is 9.89. The van der Waals surface area contributed by atoms with Crippen LogP contribution in [0.25, 0.3) is 0 Å². The maximum Gasteiger partial charge on any atom is 0.247 e. The molecule has 5 unspecified atom stereocenters. The molecule has 5 atom stereocenters. The largest absolute Gasteiger partial charge is 0.497 e. The highest BCUT2D eigenvalue weighted by Crippen LogP contribution is 2.21. The summed E-state index contributed by atoms with van der Waals surface area (Å²) < 4.78 is 5.12. The Hall–Kier alpha value is -2.95. The van der Waals surface area contributed by atoms with Crippen LogP contribution in [0.2, 0.25) is 0 Å². The highest BCUT2D eigenvalue weighted by molar-refractivity contribution is 5.97. The summed E-state index contributed by atoms with van der Waals surface area (Å²) in [6.45, 7) is 3.97. The molecule has 188 valence electrons. The van der Waals surface area contributed by atoms with E-state index in [1.807, 2.05) is 13.8 Å². The van der Waals surface area contributed by atoms with Crippen LogP contribution in [-0.4, -0.2) is 72.4 Å². The lowest BCUT2D eigenvalue weighted by molar-refractivity contribution is -0.126. The summed E-state index contributed by atoms with van der Waals surface area (Å²) in [5.74, 6) is -0.741. The fourth-order valence-electron chi connectivity index (χ4n) is 3.83. The number of benzene rings is 1. The number of hydrogen-bond acceptors (Lipinski definition) is 7. The van der Waals surface area contributed by atoms with Crippen LogP contribution < -0.4 is 26.4 Å². The first-order valence-corrected chi connectivity index (χ1v) is 11.3. The van der Waals surface area contributed by atoms with Crippen LogP contribution in [-0.2, 0) is 20.8 Å². The Kier molecular flexibility index (Phi) is 10.0. The van der Waals surface area contributed by atoms with Gasteiger partial charge in [0.2, 0.25) is 17.7 Å². The van der Waals surface area contributed by atoms with Gasteiger partial charge in [-0.05, 0) is 37.1 Å². The first-order valence-electron chi connectivity index (χ1n) is 11.3. The van der Waals surface area contributed by atoms with Gasteiger partial charge in [-0.3, -0.25) is 14.4 Å². The number of carbonyl (C=O) groups excluding carboxylic acids is 3. The second-order valence-corrected chi connectivity index (χ2v) is 8.94. The van der Waals surface area contributed by atoms with Crippen LogP contribution in [0, 0.1) is 5.92 Å². The quantitative estimate of drug-likeness (QED) is 0.248. The predicted octanol–water partition coefficient (Wildman–Crippen LogP) is -0.621. The van der Waals surface area contributed by atoms with Gasteiger partial charge >= 0.3 is 0 Å². The number of nitrogens with two attached hydrogens (primary N) is 1. The lowest BCUT2D eigenvalue weighted by Gasteiger charge is -2.32. The zero-order valence-electron chi connectivity index (χ0n) is 20.1. The molecule has 0 saturated carbocycles. The van der Waals surface area contributed by atoms with Gasteiger partial charge in [-0.1, -0.05) is 32.1 Å². The number of methoxy groups -OCH3 is 1.